The zero-order chi connectivity index (χ0) is 20.8. The van der Waals surface area contributed by atoms with Crippen molar-refractivity contribution in [2.75, 3.05) is 0 Å². The minimum atomic E-state index is -0.973. The van der Waals surface area contributed by atoms with E-state index in [2.05, 4.69) is 6.07 Å². The van der Waals surface area contributed by atoms with Crippen LogP contribution in [0.1, 0.15) is 27.0 Å². The Bertz CT molecular complexity index is 1100. The first-order chi connectivity index (χ1) is 14.0. The van der Waals surface area contributed by atoms with E-state index >= 15 is 0 Å². The van der Waals surface area contributed by atoms with Gasteiger partial charge in [0, 0.05) is 5.02 Å². The molecule has 0 amide bonds. The molecule has 1 N–H and O–H groups in total. The van der Waals surface area contributed by atoms with E-state index in [1.54, 1.807) is 54.6 Å². The van der Waals surface area contributed by atoms with Crippen molar-refractivity contribution in [3.8, 4) is 11.8 Å². The van der Waals surface area contributed by atoms with E-state index in [0.29, 0.717) is 21.4 Å². The first kappa shape index (κ1) is 20.5. The van der Waals surface area contributed by atoms with E-state index in [4.69, 9.17) is 33.0 Å². The van der Waals surface area contributed by atoms with Gasteiger partial charge in [-0.1, -0.05) is 53.5 Å². The zero-order valence-corrected chi connectivity index (χ0v) is 16.6. The standard InChI is InChI=1S/C23H15Cl2NO3/c24-20-8-6-17(7-9-20)19(13-26)11-16-3-10-22(21(25)12-16)29-14-15-1-4-18(5-2-15)23(27)28/h1-12H,14H2,(H,27,28)/b19-11+. The number of nitrogens with zero attached hydrogens (tertiary/aromatic N) is 1. The summed E-state index contributed by atoms with van der Waals surface area (Å²) in [7, 11) is 0. The Hall–Kier alpha value is -3.26. The molecule has 0 saturated heterocycles. The van der Waals surface area contributed by atoms with Crippen molar-refractivity contribution < 1.29 is 14.6 Å². The van der Waals surface area contributed by atoms with Gasteiger partial charge in [-0.25, -0.2) is 4.79 Å². The van der Waals surface area contributed by atoms with Crippen LogP contribution in [0.2, 0.25) is 10.0 Å². The highest BCUT2D eigenvalue weighted by atomic mass is 35.5. The third-order valence-corrected chi connectivity index (χ3v) is 4.69. The molecule has 0 spiro atoms. The van der Waals surface area contributed by atoms with Gasteiger partial charge in [-0.2, -0.15) is 5.26 Å². The van der Waals surface area contributed by atoms with E-state index in [1.807, 2.05) is 6.07 Å². The van der Waals surface area contributed by atoms with Gasteiger partial charge in [0.15, 0.2) is 0 Å². The van der Waals surface area contributed by atoms with Crippen LogP contribution in [0, 0.1) is 11.3 Å². The van der Waals surface area contributed by atoms with Gasteiger partial charge < -0.3 is 9.84 Å². The molecule has 29 heavy (non-hydrogen) atoms. The fourth-order valence-electron chi connectivity index (χ4n) is 2.60. The van der Waals surface area contributed by atoms with E-state index < -0.39 is 5.97 Å². The molecule has 3 aromatic rings. The molecule has 144 valence electrons. The maximum absolute atomic E-state index is 10.9. The summed E-state index contributed by atoms with van der Waals surface area (Å²) >= 11 is 12.2. The summed E-state index contributed by atoms with van der Waals surface area (Å²) in [5, 5.41) is 19.4. The Morgan fingerprint density at radius 3 is 2.24 bits per heavy atom. The Balaban J connectivity index is 1.73. The average molecular weight is 424 g/mol. The lowest BCUT2D eigenvalue weighted by atomic mass is 10.0. The molecule has 0 fully saturated rings. The third-order valence-electron chi connectivity index (χ3n) is 4.14. The highest BCUT2D eigenvalue weighted by Gasteiger charge is 2.07. The predicted molar refractivity (Wildman–Crippen MR) is 114 cm³/mol. The molecule has 3 rings (SSSR count). The van der Waals surface area contributed by atoms with Gasteiger partial charge in [0.25, 0.3) is 0 Å². The van der Waals surface area contributed by atoms with Crippen LogP contribution in [0.3, 0.4) is 0 Å². The number of rotatable bonds is 6. The van der Waals surface area contributed by atoms with Gasteiger partial charge >= 0.3 is 5.97 Å². The van der Waals surface area contributed by atoms with Crippen molar-refractivity contribution in [2.45, 2.75) is 6.61 Å². The number of ether oxygens (including phenoxy) is 1. The smallest absolute Gasteiger partial charge is 0.335 e. The lowest BCUT2D eigenvalue weighted by Gasteiger charge is -2.09. The van der Waals surface area contributed by atoms with Crippen LogP contribution in [0.25, 0.3) is 11.6 Å². The Labute approximate surface area is 178 Å². The maximum Gasteiger partial charge on any atom is 0.335 e. The van der Waals surface area contributed by atoms with Gasteiger partial charge in [-0.15, -0.1) is 0 Å². The first-order valence-electron chi connectivity index (χ1n) is 8.58. The van der Waals surface area contributed by atoms with Crippen LogP contribution >= 0.6 is 23.2 Å². The fraction of sp³-hybridized carbons (Fsp3) is 0.0435. The van der Waals surface area contributed by atoms with Crippen molar-refractivity contribution >= 4 is 40.8 Å². The molecule has 0 atom stereocenters. The number of halogens is 2. The molecule has 3 aromatic carbocycles. The quantitative estimate of drug-likeness (QED) is 0.371. The first-order valence-corrected chi connectivity index (χ1v) is 9.34. The van der Waals surface area contributed by atoms with Crippen LogP contribution in [0.4, 0.5) is 0 Å². The molecule has 0 aliphatic carbocycles. The summed E-state index contributed by atoms with van der Waals surface area (Å²) in [6.45, 7) is 0.253. The van der Waals surface area contributed by atoms with Gasteiger partial charge in [0.2, 0.25) is 0 Å². The number of nitriles is 1. The minimum absolute atomic E-state index is 0.219. The van der Waals surface area contributed by atoms with Crippen molar-refractivity contribution in [1.29, 1.82) is 5.26 Å². The molecule has 0 heterocycles. The van der Waals surface area contributed by atoms with Gasteiger partial charge in [0.1, 0.15) is 12.4 Å². The predicted octanol–water partition coefficient (Wildman–Crippen LogP) is 6.33. The number of hydrogen-bond donors (Lipinski definition) is 1. The molecule has 0 radical (unpaired) electrons. The van der Waals surface area contributed by atoms with E-state index in [9.17, 15) is 10.1 Å². The number of aromatic carboxylic acids is 1. The number of carboxylic acids is 1. The highest BCUT2D eigenvalue weighted by Crippen LogP contribution is 2.28. The Morgan fingerprint density at radius 2 is 1.66 bits per heavy atom. The van der Waals surface area contributed by atoms with Crippen LogP contribution in [0.15, 0.2) is 66.7 Å². The van der Waals surface area contributed by atoms with Crippen LogP contribution < -0.4 is 4.74 Å². The molecule has 0 unspecified atom stereocenters. The van der Waals surface area contributed by atoms with E-state index in [1.165, 1.54) is 12.1 Å². The second-order valence-electron chi connectivity index (χ2n) is 6.16. The minimum Gasteiger partial charge on any atom is -0.487 e. The number of carbonyl (C=O) groups is 1. The second kappa shape index (κ2) is 9.29. The largest absolute Gasteiger partial charge is 0.487 e. The van der Waals surface area contributed by atoms with Crippen molar-refractivity contribution in [1.82, 2.24) is 0 Å². The van der Waals surface area contributed by atoms with Gasteiger partial charge in [0.05, 0.1) is 22.2 Å². The summed E-state index contributed by atoms with van der Waals surface area (Å²) in [6.07, 6.45) is 1.74. The lowest BCUT2D eigenvalue weighted by molar-refractivity contribution is 0.0697. The lowest BCUT2D eigenvalue weighted by Crippen LogP contribution is -1.99. The summed E-state index contributed by atoms with van der Waals surface area (Å²) in [6, 6.07) is 20.9. The summed E-state index contributed by atoms with van der Waals surface area (Å²) < 4.78 is 5.73. The Morgan fingerprint density at radius 1 is 1.00 bits per heavy atom. The molecule has 0 aliphatic rings. The van der Waals surface area contributed by atoms with Crippen molar-refractivity contribution in [2.24, 2.45) is 0 Å². The number of carboxylic acid groups (broad SMARTS) is 1. The van der Waals surface area contributed by atoms with Crippen LogP contribution in [0.5, 0.6) is 5.75 Å². The molecule has 0 aromatic heterocycles. The summed E-state index contributed by atoms with van der Waals surface area (Å²) in [5.41, 5.74) is 3.06. The maximum atomic E-state index is 10.9. The Kier molecular flexibility index (Phi) is 6.56. The topological polar surface area (TPSA) is 70.3 Å². The van der Waals surface area contributed by atoms with E-state index in [0.717, 1.165) is 16.7 Å². The molecular formula is C23H15Cl2NO3. The van der Waals surface area contributed by atoms with Crippen LogP contribution in [-0.2, 0) is 6.61 Å². The molecule has 6 heteroatoms. The average Bonchev–Trinajstić information content (AvgIpc) is 2.72. The van der Waals surface area contributed by atoms with Crippen LogP contribution in [-0.4, -0.2) is 11.1 Å². The fourth-order valence-corrected chi connectivity index (χ4v) is 2.97. The molecular weight excluding hydrogens is 409 g/mol. The molecule has 0 aliphatic heterocycles. The third kappa shape index (κ3) is 5.39. The number of allylic oxidation sites excluding steroid dienone is 1. The molecule has 4 nitrogen and oxygen atoms in total. The monoisotopic (exact) mass is 423 g/mol. The normalized spacial score (nSPS) is 11.0. The summed E-state index contributed by atoms with van der Waals surface area (Å²) in [4.78, 5) is 10.9. The number of hydrogen-bond acceptors (Lipinski definition) is 3. The second-order valence-corrected chi connectivity index (χ2v) is 7.00. The summed E-state index contributed by atoms with van der Waals surface area (Å²) in [5.74, 6) is -0.476. The molecule has 0 bridgehead atoms. The number of benzene rings is 3. The van der Waals surface area contributed by atoms with Crippen molar-refractivity contribution in [3.63, 3.8) is 0 Å². The van der Waals surface area contributed by atoms with Gasteiger partial charge in [-0.3, -0.25) is 0 Å². The zero-order valence-electron chi connectivity index (χ0n) is 15.1. The van der Waals surface area contributed by atoms with Gasteiger partial charge in [-0.05, 0) is 59.2 Å². The molecule has 0 saturated carbocycles. The van der Waals surface area contributed by atoms with E-state index in [-0.39, 0.29) is 12.2 Å². The van der Waals surface area contributed by atoms with Crippen molar-refractivity contribution in [3.05, 3.63) is 99.0 Å². The highest BCUT2D eigenvalue weighted by molar-refractivity contribution is 6.32. The SMILES string of the molecule is N#C/C(=C\c1ccc(OCc2ccc(C(=O)O)cc2)c(Cl)c1)c1ccc(Cl)cc1.